The van der Waals surface area contributed by atoms with E-state index in [1.807, 2.05) is 30.5 Å². The van der Waals surface area contributed by atoms with Gasteiger partial charge in [0, 0.05) is 41.8 Å². The quantitative estimate of drug-likeness (QED) is 0.777. The first-order valence-electron chi connectivity index (χ1n) is 7.49. The van der Waals surface area contributed by atoms with Gasteiger partial charge in [0.05, 0.1) is 6.61 Å². The van der Waals surface area contributed by atoms with Gasteiger partial charge < -0.3 is 20.3 Å². The second-order valence-corrected chi connectivity index (χ2v) is 5.51. The van der Waals surface area contributed by atoms with Crippen molar-refractivity contribution < 1.29 is 9.90 Å². The summed E-state index contributed by atoms with van der Waals surface area (Å²) in [5.41, 5.74) is 1.66. The van der Waals surface area contributed by atoms with Crippen LogP contribution in [0.1, 0.15) is 23.2 Å². The maximum Gasteiger partial charge on any atom is 0.254 e. The maximum atomic E-state index is 12.8. The lowest BCUT2D eigenvalue weighted by molar-refractivity contribution is 0.0708. The van der Waals surface area contributed by atoms with Crippen LogP contribution in [-0.4, -0.2) is 53.2 Å². The van der Waals surface area contributed by atoms with Gasteiger partial charge in [-0.25, -0.2) is 0 Å². The van der Waals surface area contributed by atoms with E-state index in [4.69, 9.17) is 0 Å². The molecule has 1 saturated heterocycles. The van der Waals surface area contributed by atoms with Crippen molar-refractivity contribution in [3.63, 3.8) is 0 Å². The summed E-state index contributed by atoms with van der Waals surface area (Å²) in [5.74, 6) is -0.0112. The average Bonchev–Trinajstić information content (AvgIpc) is 3.16. The molecule has 1 unspecified atom stereocenters. The van der Waals surface area contributed by atoms with Crippen LogP contribution in [0.3, 0.4) is 0 Å². The molecule has 3 rings (SSSR count). The molecule has 112 valence electrons. The molecule has 1 aromatic carbocycles. The molecule has 1 aliphatic heterocycles. The Labute approximate surface area is 124 Å². The van der Waals surface area contributed by atoms with E-state index >= 15 is 0 Å². The summed E-state index contributed by atoms with van der Waals surface area (Å²) in [4.78, 5) is 17.7. The van der Waals surface area contributed by atoms with Crippen molar-refractivity contribution in [2.75, 3.05) is 26.2 Å². The van der Waals surface area contributed by atoms with Crippen molar-refractivity contribution in [1.82, 2.24) is 15.2 Å². The Morgan fingerprint density at radius 2 is 2.29 bits per heavy atom. The molecular formula is C16H21N3O2. The van der Waals surface area contributed by atoms with Gasteiger partial charge in [-0.2, -0.15) is 0 Å². The van der Waals surface area contributed by atoms with Crippen LogP contribution in [0.5, 0.6) is 0 Å². The van der Waals surface area contributed by atoms with E-state index in [-0.39, 0.29) is 12.5 Å². The van der Waals surface area contributed by atoms with Crippen LogP contribution in [-0.2, 0) is 0 Å². The SMILES string of the molecule is O=C(c1cccc2[nH]ccc12)N(CCO)CC1CCCN1. The molecule has 2 heterocycles. The number of nitrogens with zero attached hydrogens (tertiary/aromatic N) is 1. The maximum absolute atomic E-state index is 12.8. The van der Waals surface area contributed by atoms with Crippen molar-refractivity contribution in [2.45, 2.75) is 18.9 Å². The molecular weight excluding hydrogens is 266 g/mol. The fourth-order valence-electron chi connectivity index (χ4n) is 3.02. The largest absolute Gasteiger partial charge is 0.395 e. The number of benzene rings is 1. The predicted octanol–water partition coefficient (Wildman–Crippen LogP) is 1.35. The number of carbonyl (C=O) groups excluding carboxylic acids is 1. The van der Waals surface area contributed by atoms with E-state index in [2.05, 4.69) is 10.3 Å². The molecule has 1 aliphatic rings. The summed E-state index contributed by atoms with van der Waals surface area (Å²) in [5, 5.41) is 13.6. The lowest BCUT2D eigenvalue weighted by atomic mass is 10.1. The van der Waals surface area contributed by atoms with Crippen LogP contribution in [0.4, 0.5) is 0 Å². The standard InChI is InChI=1S/C16H21N3O2/c20-10-9-19(11-12-3-2-7-17-12)16(21)14-4-1-5-15-13(14)6-8-18-15/h1,4-6,8,12,17-18,20H,2-3,7,9-11H2. The second-order valence-electron chi connectivity index (χ2n) is 5.51. The summed E-state index contributed by atoms with van der Waals surface area (Å²) in [6.45, 7) is 2.03. The Morgan fingerprint density at radius 1 is 1.38 bits per heavy atom. The first kappa shape index (κ1) is 14.1. The number of aliphatic hydroxyl groups is 1. The normalized spacial score (nSPS) is 18.2. The second kappa shape index (κ2) is 6.28. The molecule has 3 N–H and O–H groups in total. The average molecular weight is 287 g/mol. The van der Waals surface area contributed by atoms with Crippen molar-refractivity contribution in [3.8, 4) is 0 Å². The van der Waals surface area contributed by atoms with Crippen LogP contribution in [0.15, 0.2) is 30.5 Å². The Morgan fingerprint density at radius 3 is 3.05 bits per heavy atom. The highest BCUT2D eigenvalue weighted by Crippen LogP contribution is 2.19. The van der Waals surface area contributed by atoms with Crippen molar-refractivity contribution >= 4 is 16.8 Å². The molecule has 21 heavy (non-hydrogen) atoms. The predicted molar refractivity (Wildman–Crippen MR) is 82.3 cm³/mol. The minimum atomic E-state index is -0.0123. The Bertz CT molecular complexity index is 617. The third-order valence-electron chi connectivity index (χ3n) is 4.09. The molecule has 5 heteroatoms. The highest BCUT2D eigenvalue weighted by atomic mass is 16.3. The molecule has 0 bridgehead atoms. The topological polar surface area (TPSA) is 68.4 Å². The van der Waals surface area contributed by atoms with E-state index < -0.39 is 0 Å². The molecule has 1 aromatic heterocycles. The number of aromatic amines is 1. The van der Waals surface area contributed by atoms with Gasteiger partial charge in [0.2, 0.25) is 0 Å². The van der Waals surface area contributed by atoms with E-state index in [9.17, 15) is 9.90 Å². The highest BCUT2D eigenvalue weighted by molar-refractivity contribution is 6.06. The number of rotatable bonds is 5. The fraction of sp³-hybridized carbons (Fsp3) is 0.438. The smallest absolute Gasteiger partial charge is 0.254 e. The summed E-state index contributed by atoms with van der Waals surface area (Å²) in [6, 6.07) is 7.96. The number of hydrogen-bond acceptors (Lipinski definition) is 3. The molecule has 1 atom stereocenters. The number of carbonyl (C=O) groups is 1. The molecule has 1 fully saturated rings. The molecule has 0 radical (unpaired) electrons. The van der Waals surface area contributed by atoms with Gasteiger partial charge in [-0.1, -0.05) is 6.07 Å². The van der Waals surface area contributed by atoms with Gasteiger partial charge in [-0.15, -0.1) is 0 Å². The van der Waals surface area contributed by atoms with Gasteiger partial charge >= 0.3 is 0 Å². The fourth-order valence-corrected chi connectivity index (χ4v) is 3.02. The summed E-state index contributed by atoms with van der Waals surface area (Å²) in [6.07, 6.45) is 4.08. The highest BCUT2D eigenvalue weighted by Gasteiger charge is 2.23. The van der Waals surface area contributed by atoms with Crippen molar-refractivity contribution in [1.29, 1.82) is 0 Å². The third kappa shape index (κ3) is 2.94. The molecule has 0 spiro atoms. The van der Waals surface area contributed by atoms with Crippen LogP contribution in [0.25, 0.3) is 10.9 Å². The first-order valence-corrected chi connectivity index (χ1v) is 7.49. The van der Waals surface area contributed by atoms with Gasteiger partial charge in [-0.05, 0) is 37.6 Å². The van der Waals surface area contributed by atoms with Crippen LogP contribution in [0.2, 0.25) is 0 Å². The zero-order chi connectivity index (χ0) is 14.7. The van der Waals surface area contributed by atoms with Crippen molar-refractivity contribution in [3.05, 3.63) is 36.0 Å². The van der Waals surface area contributed by atoms with Crippen molar-refractivity contribution in [2.24, 2.45) is 0 Å². The summed E-state index contributed by atoms with van der Waals surface area (Å²) in [7, 11) is 0. The number of fused-ring (bicyclic) bond motifs is 1. The molecule has 0 saturated carbocycles. The number of nitrogens with one attached hydrogen (secondary N) is 2. The zero-order valence-electron chi connectivity index (χ0n) is 12.0. The number of H-pyrrole nitrogens is 1. The van der Waals surface area contributed by atoms with E-state index in [1.54, 1.807) is 4.90 Å². The third-order valence-corrected chi connectivity index (χ3v) is 4.09. The molecule has 5 nitrogen and oxygen atoms in total. The van der Waals surface area contributed by atoms with Crippen LogP contribution >= 0.6 is 0 Å². The Balaban J connectivity index is 1.84. The van der Waals surface area contributed by atoms with E-state index in [1.165, 1.54) is 0 Å². The number of aromatic nitrogens is 1. The lowest BCUT2D eigenvalue weighted by Gasteiger charge is -2.25. The minimum absolute atomic E-state index is 0.0112. The number of amides is 1. The van der Waals surface area contributed by atoms with Gasteiger partial charge in [-0.3, -0.25) is 4.79 Å². The van der Waals surface area contributed by atoms with E-state index in [0.717, 1.165) is 30.3 Å². The lowest BCUT2D eigenvalue weighted by Crippen LogP contribution is -2.42. The number of aliphatic hydroxyl groups excluding tert-OH is 1. The number of hydrogen-bond donors (Lipinski definition) is 3. The summed E-state index contributed by atoms with van der Waals surface area (Å²) < 4.78 is 0. The Kier molecular flexibility index (Phi) is 4.22. The molecule has 2 aromatic rings. The zero-order valence-corrected chi connectivity index (χ0v) is 12.0. The van der Waals surface area contributed by atoms with Crippen LogP contribution in [0, 0.1) is 0 Å². The summed E-state index contributed by atoms with van der Waals surface area (Å²) >= 11 is 0. The first-order chi connectivity index (χ1) is 10.3. The molecule has 1 amide bonds. The van der Waals surface area contributed by atoms with E-state index in [0.29, 0.717) is 24.7 Å². The monoisotopic (exact) mass is 287 g/mol. The van der Waals surface area contributed by atoms with Crippen LogP contribution < -0.4 is 5.32 Å². The Hall–Kier alpha value is -1.85. The van der Waals surface area contributed by atoms with Gasteiger partial charge in [0.15, 0.2) is 0 Å². The van der Waals surface area contributed by atoms with Gasteiger partial charge in [0.25, 0.3) is 5.91 Å². The molecule has 0 aliphatic carbocycles. The minimum Gasteiger partial charge on any atom is -0.395 e. The van der Waals surface area contributed by atoms with Gasteiger partial charge in [0.1, 0.15) is 0 Å².